The van der Waals surface area contributed by atoms with Crippen molar-refractivity contribution < 1.29 is 0 Å². The zero-order chi connectivity index (χ0) is 11.5. The van der Waals surface area contributed by atoms with Crippen LogP contribution in [0.2, 0.25) is 0 Å². The molecular formula is C13H20N4. The van der Waals surface area contributed by atoms with Crippen molar-refractivity contribution in [2.45, 2.75) is 43.9 Å². The molecule has 0 amide bonds. The van der Waals surface area contributed by atoms with E-state index in [1.54, 1.807) is 0 Å². The summed E-state index contributed by atoms with van der Waals surface area (Å²) in [5.74, 6) is 9.41. The molecule has 4 heteroatoms. The summed E-state index contributed by atoms with van der Waals surface area (Å²) < 4.78 is 0. The van der Waals surface area contributed by atoms with Gasteiger partial charge in [0.05, 0.1) is 6.20 Å². The normalized spacial score (nSPS) is 43.0. The van der Waals surface area contributed by atoms with E-state index >= 15 is 0 Å². The van der Waals surface area contributed by atoms with Crippen LogP contribution >= 0.6 is 0 Å². The van der Waals surface area contributed by atoms with Gasteiger partial charge in [0.25, 0.3) is 0 Å². The van der Waals surface area contributed by atoms with E-state index in [1.807, 2.05) is 6.20 Å². The lowest BCUT2D eigenvalue weighted by atomic mass is 9.48. The molecule has 0 atom stereocenters. The third-order valence-electron chi connectivity index (χ3n) is 5.39. The maximum Gasteiger partial charge on any atom is 0.139 e. The van der Waals surface area contributed by atoms with Crippen molar-refractivity contribution in [2.24, 2.45) is 23.6 Å². The van der Waals surface area contributed by atoms with Crippen molar-refractivity contribution in [1.82, 2.24) is 10.2 Å². The van der Waals surface area contributed by atoms with Crippen molar-refractivity contribution in [1.29, 1.82) is 0 Å². The Bertz CT molecular complexity index is 401. The molecule has 4 fully saturated rings. The number of hydrazine groups is 1. The highest BCUT2D eigenvalue weighted by atomic mass is 15.3. The van der Waals surface area contributed by atoms with Gasteiger partial charge in [0.2, 0.25) is 0 Å². The SMILES string of the molecule is NNc1[nH]ncc1C12CC3CC(CC(C3)C1)C2. The van der Waals surface area contributed by atoms with E-state index in [0.29, 0.717) is 5.41 Å². The van der Waals surface area contributed by atoms with Crippen molar-refractivity contribution in [3.05, 3.63) is 11.8 Å². The van der Waals surface area contributed by atoms with Gasteiger partial charge in [0.15, 0.2) is 0 Å². The third-order valence-corrected chi connectivity index (χ3v) is 5.39. The predicted octanol–water partition coefficient (Wildman–Crippen LogP) is 2.16. The molecule has 4 nitrogen and oxygen atoms in total. The van der Waals surface area contributed by atoms with Gasteiger partial charge in [-0.25, -0.2) is 5.84 Å². The second kappa shape index (κ2) is 3.25. The molecule has 1 aromatic heterocycles. The van der Waals surface area contributed by atoms with Gasteiger partial charge in [0.1, 0.15) is 5.82 Å². The maximum atomic E-state index is 5.59. The van der Waals surface area contributed by atoms with Crippen LogP contribution in [0, 0.1) is 17.8 Å². The lowest BCUT2D eigenvalue weighted by Gasteiger charge is -2.56. The van der Waals surface area contributed by atoms with Gasteiger partial charge in [-0.1, -0.05) is 0 Å². The Hall–Kier alpha value is -1.03. The number of nitrogens with two attached hydrogens (primary N) is 1. The molecule has 0 saturated heterocycles. The van der Waals surface area contributed by atoms with E-state index in [0.717, 1.165) is 23.6 Å². The Morgan fingerprint density at radius 1 is 1.18 bits per heavy atom. The molecule has 4 bridgehead atoms. The van der Waals surface area contributed by atoms with Crippen LogP contribution in [0.1, 0.15) is 44.1 Å². The number of nitrogen functional groups attached to an aromatic ring is 1. The summed E-state index contributed by atoms with van der Waals surface area (Å²) in [6.07, 6.45) is 10.5. The van der Waals surface area contributed by atoms with E-state index in [-0.39, 0.29) is 0 Å². The summed E-state index contributed by atoms with van der Waals surface area (Å²) in [5.41, 5.74) is 4.51. The van der Waals surface area contributed by atoms with E-state index in [4.69, 9.17) is 5.84 Å². The molecule has 1 heterocycles. The van der Waals surface area contributed by atoms with Crippen molar-refractivity contribution in [3.8, 4) is 0 Å². The Balaban J connectivity index is 1.77. The lowest BCUT2D eigenvalue weighted by molar-refractivity contribution is -0.00485. The largest absolute Gasteiger partial charge is 0.309 e. The molecule has 4 N–H and O–H groups in total. The minimum Gasteiger partial charge on any atom is -0.309 e. The average molecular weight is 232 g/mol. The van der Waals surface area contributed by atoms with E-state index in [1.165, 1.54) is 44.1 Å². The van der Waals surface area contributed by atoms with Gasteiger partial charge in [-0.05, 0) is 56.3 Å². The first-order valence-corrected chi connectivity index (χ1v) is 6.79. The van der Waals surface area contributed by atoms with E-state index < -0.39 is 0 Å². The second-order valence-electron chi connectivity index (χ2n) is 6.50. The number of nitrogens with zero attached hydrogens (tertiary/aromatic N) is 1. The van der Waals surface area contributed by atoms with Crippen LogP contribution in [-0.2, 0) is 5.41 Å². The summed E-state index contributed by atoms with van der Waals surface area (Å²) in [7, 11) is 0. The van der Waals surface area contributed by atoms with Gasteiger partial charge < -0.3 is 5.43 Å². The second-order valence-corrected chi connectivity index (χ2v) is 6.50. The highest BCUT2D eigenvalue weighted by Gasteiger charge is 2.52. The number of hydrogen-bond donors (Lipinski definition) is 3. The molecule has 92 valence electrons. The number of anilines is 1. The van der Waals surface area contributed by atoms with Crippen LogP contribution in [0.25, 0.3) is 0 Å². The monoisotopic (exact) mass is 232 g/mol. The fraction of sp³-hybridized carbons (Fsp3) is 0.769. The fourth-order valence-electron chi connectivity index (χ4n) is 5.24. The van der Waals surface area contributed by atoms with Gasteiger partial charge in [-0.15, -0.1) is 0 Å². The smallest absolute Gasteiger partial charge is 0.139 e. The molecule has 0 radical (unpaired) electrons. The molecule has 5 rings (SSSR count). The molecular weight excluding hydrogens is 212 g/mol. The fourth-order valence-corrected chi connectivity index (χ4v) is 5.24. The van der Waals surface area contributed by atoms with Crippen LogP contribution in [0.3, 0.4) is 0 Å². The van der Waals surface area contributed by atoms with Crippen molar-refractivity contribution >= 4 is 5.82 Å². The third kappa shape index (κ3) is 1.30. The molecule has 0 aliphatic heterocycles. The minimum absolute atomic E-state index is 0.378. The highest BCUT2D eigenvalue weighted by Crippen LogP contribution is 2.61. The van der Waals surface area contributed by atoms with Gasteiger partial charge in [0, 0.05) is 11.0 Å². The van der Waals surface area contributed by atoms with Crippen molar-refractivity contribution in [2.75, 3.05) is 5.43 Å². The molecule has 1 aromatic rings. The van der Waals surface area contributed by atoms with Crippen LogP contribution in [0.4, 0.5) is 5.82 Å². The lowest BCUT2D eigenvalue weighted by Crippen LogP contribution is -2.48. The predicted molar refractivity (Wildman–Crippen MR) is 66.2 cm³/mol. The molecule has 0 aromatic carbocycles. The van der Waals surface area contributed by atoms with E-state index in [2.05, 4.69) is 15.6 Å². The van der Waals surface area contributed by atoms with Crippen LogP contribution in [0.15, 0.2) is 6.20 Å². The summed E-state index contributed by atoms with van der Waals surface area (Å²) in [6, 6.07) is 0. The summed E-state index contributed by atoms with van der Waals surface area (Å²) in [5, 5.41) is 7.18. The Morgan fingerprint density at radius 2 is 1.76 bits per heavy atom. The molecule has 17 heavy (non-hydrogen) atoms. The maximum absolute atomic E-state index is 5.59. The summed E-state index contributed by atoms with van der Waals surface area (Å²) >= 11 is 0. The topological polar surface area (TPSA) is 66.7 Å². The van der Waals surface area contributed by atoms with Gasteiger partial charge in [-0.2, -0.15) is 5.10 Å². The Kier molecular flexibility index (Phi) is 1.90. The number of aromatic amines is 1. The van der Waals surface area contributed by atoms with Gasteiger partial charge >= 0.3 is 0 Å². The standard InChI is InChI=1S/C13H20N4/c14-16-12-11(7-15-17-12)13-4-8-1-9(5-13)3-10(2-8)6-13/h7-10H,1-6,14H2,(H2,15,16,17). The Labute approximate surface area is 101 Å². The molecule has 0 spiro atoms. The number of rotatable bonds is 2. The van der Waals surface area contributed by atoms with E-state index in [9.17, 15) is 0 Å². The van der Waals surface area contributed by atoms with Crippen molar-refractivity contribution in [3.63, 3.8) is 0 Å². The summed E-state index contributed by atoms with van der Waals surface area (Å²) in [6.45, 7) is 0. The van der Waals surface area contributed by atoms with Crippen LogP contribution in [0.5, 0.6) is 0 Å². The minimum atomic E-state index is 0.378. The molecule has 4 aliphatic rings. The molecule has 0 unspecified atom stereocenters. The number of hydrogen-bond acceptors (Lipinski definition) is 3. The molecule has 4 aliphatic carbocycles. The first-order chi connectivity index (χ1) is 8.29. The zero-order valence-corrected chi connectivity index (χ0v) is 10.1. The Morgan fingerprint density at radius 3 is 2.29 bits per heavy atom. The van der Waals surface area contributed by atoms with Gasteiger partial charge in [-0.3, -0.25) is 5.10 Å². The average Bonchev–Trinajstić information content (AvgIpc) is 2.75. The quantitative estimate of drug-likeness (QED) is 0.540. The van der Waals surface area contributed by atoms with Crippen LogP contribution < -0.4 is 11.3 Å². The highest BCUT2D eigenvalue weighted by molar-refractivity contribution is 5.47. The number of aromatic nitrogens is 2. The number of nitrogens with one attached hydrogen (secondary N) is 2. The summed E-state index contributed by atoms with van der Waals surface area (Å²) in [4.78, 5) is 0. The first kappa shape index (κ1) is 9.95. The zero-order valence-electron chi connectivity index (χ0n) is 10.1. The first-order valence-electron chi connectivity index (χ1n) is 6.79. The van der Waals surface area contributed by atoms with Crippen LogP contribution in [-0.4, -0.2) is 10.2 Å². The number of H-pyrrole nitrogens is 1. The molecule has 4 saturated carbocycles.